The molecule has 0 saturated carbocycles. The van der Waals surface area contributed by atoms with Gasteiger partial charge in [-0.2, -0.15) is 0 Å². The molecular formula is C28H43N. The fourth-order valence-electron chi connectivity index (χ4n) is 3.24. The third-order valence-corrected chi connectivity index (χ3v) is 4.98. The molecule has 0 amide bonds. The van der Waals surface area contributed by atoms with E-state index in [1.807, 2.05) is 13.8 Å². The highest BCUT2D eigenvalue weighted by Gasteiger charge is 2.05. The van der Waals surface area contributed by atoms with Gasteiger partial charge < -0.3 is 5.32 Å². The minimum absolute atomic E-state index is 0.964. The van der Waals surface area contributed by atoms with Crippen LogP contribution >= 0.6 is 0 Å². The van der Waals surface area contributed by atoms with Crippen molar-refractivity contribution in [2.45, 2.75) is 79.6 Å². The highest BCUT2D eigenvalue weighted by Crippen LogP contribution is 2.24. The summed E-state index contributed by atoms with van der Waals surface area (Å²) in [4.78, 5) is 0. The van der Waals surface area contributed by atoms with Crippen molar-refractivity contribution in [3.63, 3.8) is 0 Å². The number of rotatable bonds is 10. The summed E-state index contributed by atoms with van der Waals surface area (Å²) < 4.78 is 0. The maximum absolute atomic E-state index is 4.23. The summed E-state index contributed by atoms with van der Waals surface area (Å²) in [6, 6.07) is 15.3. The molecule has 0 fully saturated rings. The first-order chi connectivity index (χ1) is 14.2. The number of hydrogen-bond acceptors (Lipinski definition) is 1. The minimum atomic E-state index is 0.964. The Labute approximate surface area is 181 Å². The summed E-state index contributed by atoms with van der Waals surface area (Å²) >= 11 is 0. The molecule has 0 unspecified atom stereocenters. The molecule has 0 aliphatic carbocycles. The van der Waals surface area contributed by atoms with Crippen LogP contribution in [0, 0.1) is 6.92 Å². The van der Waals surface area contributed by atoms with Gasteiger partial charge in [-0.25, -0.2) is 0 Å². The van der Waals surface area contributed by atoms with Crippen LogP contribution in [0.5, 0.6) is 0 Å². The Balaban J connectivity index is 0.00000184. The van der Waals surface area contributed by atoms with Gasteiger partial charge in [0.15, 0.2) is 0 Å². The van der Waals surface area contributed by atoms with E-state index in [1.54, 1.807) is 0 Å². The maximum Gasteiger partial charge on any atom is 0.0416 e. The van der Waals surface area contributed by atoms with Gasteiger partial charge in [0.05, 0.1) is 0 Å². The van der Waals surface area contributed by atoms with Crippen LogP contribution in [0.1, 0.15) is 82.1 Å². The number of nitrogens with one attached hydrogen (secondary N) is 1. The first kappa shape index (κ1) is 26.7. The van der Waals surface area contributed by atoms with Crippen molar-refractivity contribution in [2.75, 3.05) is 5.32 Å². The third kappa shape index (κ3) is 9.65. The Morgan fingerprint density at radius 2 is 1.48 bits per heavy atom. The average Bonchev–Trinajstić information content (AvgIpc) is 2.78. The van der Waals surface area contributed by atoms with E-state index in [0.29, 0.717) is 0 Å². The Hall–Kier alpha value is -2.28. The molecule has 0 aliphatic heterocycles. The molecule has 2 aromatic rings. The van der Waals surface area contributed by atoms with Gasteiger partial charge in [-0.05, 0) is 54.5 Å². The summed E-state index contributed by atoms with van der Waals surface area (Å²) in [7, 11) is 0. The Morgan fingerprint density at radius 1 is 0.862 bits per heavy atom. The van der Waals surface area contributed by atoms with Crippen molar-refractivity contribution in [3.8, 4) is 0 Å². The molecule has 1 nitrogen and oxygen atoms in total. The van der Waals surface area contributed by atoms with Crippen LogP contribution in [0.2, 0.25) is 0 Å². The molecule has 0 heterocycles. The second-order valence-corrected chi connectivity index (χ2v) is 6.91. The Kier molecular flexibility index (Phi) is 15.3. The first-order valence-corrected chi connectivity index (χ1v) is 11.3. The van der Waals surface area contributed by atoms with E-state index in [0.717, 1.165) is 23.4 Å². The average molecular weight is 394 g/mol. The van der Waals surface area contributed by atoms with E-state index in [9.17, 15) is 0 Å². The van der Waals surface area contributed by atoms with Crippen LogP contribution in [-0.4, -0.2) is 0 Å². The smallest absolute Gasteiger partial charge is 0.0416 e. The van der Waals surface area contributed by atoms with Crippen LogP contribution in [-0.2, 0) is 12.8 Å². The summed E-state index contributed by atoms with van der Waals surface area (Å²) in [6.45, 7) is 20.9. The summed E-state index contributed by atoms with van der Waals surface area (Å²) in [6.07, 6.45) is 8.92. The van der Waals surface area contributed by atoms with Crippen molar-refractivity contribution in [1.29, 1.82) is 0 Å². The lowest BCUT2D eigenvalue weighted by Crippen LogP contribution is -2.01. The molecule has 0 aliphatic rings. The van der Waals surface area contributed by atoms with Crippen LogP contribution in [0.15, 0.2) is 62.2 Å². The first-order valence-electron chi connectivity index (χ1n) is 11.3. The van der Waals surface area contributed by atoms with Crippen LogP contribution < -0.4 is 5.32 Å². The number of anilines is 1. The Bertz CT molecular complexity index is 682. The van der Waals surface area contributed by atoms with Gasteiger partial charge in [-0.1, -0.05) is 96.4 Å². The molecule has 0 aromatic heterocycles. The molecule has 2 rings (SSSR count). The lowest BCUT2D eigenvalue weighted by atomic mass is 10.0. The highest BCUT2D eigenvalue weighted by molar-refractivity contribution is 5.77. The third-order valence-electron chi connectivity index (χ3n) is 4.98. The van der Waals surface area contributed by atoms with Gasteiger partial charge in [-0.3, -0.25) is 0 Å². The molecule has 1 heteroatoms. The predicted molar refractivity (Wildman–Crippen MR) is 135 cm³/mol. The molecule has 0 saturated heterocycles. The predicted octanol–water partition coefficient (Wildman–Crippen LogP) is 8.98. The zero-order chi connectivity index (χ0) is 22.1. The Morgan fingerprint density at radius 3 is 2.07 bits per heavy atom. The van der Waals surface area contributed by atoms with Gasteiger partial charge in [-0.15, -0.1) is 13.2 Å². The molecule has 0 atom stereocenters. The van der Waals surface area contributed by atoms with Gasteiger partial charge >= 0.3 is 0 Å². The molecule has 0 radical (unpaired) electrons. The van der Waals surface area contributed by atoms with Crippen LogP contribution in [0.4, 0.5) is 5.69 Å². The number of hydrogen-bond donors (Lipinski definition) is 1. The second-order valence-electron chi connectivity index (χ2n) is 6.91. The van der Waals surface area contributed by atoms with Crippen molar-refractivity contribution >= 4 is 11.4 Å². The monoisotopic (exact) mass is 393 g/mol. The lowest BCUT2D eigenvalue weighted by molar-refractivity contribution is 0.632. The fraction of sp³-hybridized carbons (Fsp3) is 0.429. The second kappa shape index (κ2) is 16.7. The van der Waals surface area contributed by atoms with Gasteiger partial charge in [0.25, 0.3) is 0 Å². The fourth-order valence-corrected chi connectivity index (χ4v) is 3.24. The normalized spacial score (nSPS) is 9.55. The number of aryl methyl sites for hydroxylation is 2. The number of unbranched alkanes of at least 4 members (excludes halogenated alkanes) is 4. The van der Waals surface area contributed by atoms with E-state index in [4.69, 9.17) is 0 Å². The van der Waals surface area contributed by atoms with Crippen molar-refractivity contribution in [3.05, 3.63) is 84.5 Å². The van der Waals surface area contributed by atoms with E-state index >= 15 is 0 Å². The van der Waals surface area contributed by atoms with Crippen LogP contribution in [0.25, 0.3) is 5.70 Å². The van der Waals surface area contributed by atoms with Crippen molar-refractivity contribution in [1.82, 2.24) is 0 Å². The van der Waals surface area contributed by atoms with Gasteiger partial charge in [0.2, 0.25) is 0 Å². The molecule has 0 spiro atoms. The molecule has 160 valence electrons. The van der Waals surface area contributed by atoms with Crippen molar-refractivity contribution in [2.24, 2.45) is 0 Å². The summed E-state index contributed by atoms with van der Waals surface area (Å²) in [5.41, 5.74) is 7.41. The van der Waals surface area contributed by atoms with Gasteiger partial charge in [0, 0.05) is 11.4 Å². The lowest BCUT2D eigenvalue weighted by Gasteiger charge is -2.15. The topological polar surface area (TPSA) is 12.0 Å². The minimum Gasteiger partial charge on any atom is -0.355 e. The summed E-state index contributed by atoms with van der Waals surface area (Å²) in [5, 5.41) is 3.49. The largest absolute Gasteiger partial charge is 0.355 e. The molecular weight excluding hydrogens is 350 g/mol. The van der Waals surface area contributed by atoms with Crippen molar-refractivity contribution < 1.29 is 0 Å². The maximum atomic E-state index is 4.23. The summed E-state index contributed by atoms with van der Waals surface area (Å²) in [5.74, 6) is 0. The SMILES string of the molecule is C=C.C=C(Nc1cccc(CC)c1C)c1ccc(CCCCCCC)cc1.CC. The van der Waals surface area contributed by atoms with E-state index in [-0.39, 0.29) is 0 Å². The number of benzene rings is 2. The molecule has 0 bridgehead atoms. The quantitative estimate of drug-likeness (QED) is 0.313. The standard InChI is InChI=1S/C24H33N.C2H6.C2H4/c1-5-7-8-9-10-12-21-15-17-23(18-16-21)20(4)25-24-14-11-13-22(6-2)19(24)3;2*1-2/h11,13-18,25H,4-10,12H2,1-3H3;1-2H3;1-2H2. The van der Waals surface area contributed by atoms with E-state index in [1.165, 1.54) is 55.2 Å². The van der Waals surface area contributed by atoms with E-state index in [2.05, 4.69) is 88.3 Å². The molecule has 2 aromatic carbocycles. The van der Waals surface area contributed by atoms with Gasteiger partial charge in [0.1, 0.15) is 0 Å². The van der Waals surface area contributed by atoms with E-state index < -0.39 is 0 Å². The molecule has 29 heavy (non-hydrogen) atoms. The highest BCUT2D eigenvalue weighted by atomic mass is 14.9. The zero-order valence-electron chi connectivity index (χ0n) is 19.6. The zero-order valence-corrected chi connectivity index (χ0v) is 19.6. The molecule has 1 N–H and O–H groups in total. The van der Waals surface area contributed by atoms with Crippen LogP contribution in [0.3, 0.4) is 0 Å².